The van der Waals surface area contributed by atoms with Crippen molar-refractivity contribution in [1.82, 2.24) is 4.67 Å². The topological polar surface area (TPSA) is 12.5 Å². The summed E-state index contributed by atoms with van der Waals surface area (Å²) < 4.78 is 8.23. The Morgan fingerprint density at radius 2 is 1.29 bits per heavy atom. The molecular weight excluding hydrogens is 428 g/mol. The van der Waals surface area contributed by atoms with Gasteiger partial charge in [0.25, 0.3) is 0 Å². The molecule has 0 aromatic heterocycles. The predicted molar refractivity (Wildman–Crippen MR) is 126 cm³/mol. The molecular formula is C22H24Cl2NOPS. The fourth-order valence-electron chi connectivity index (χ4n) is 3.28. The minimum Gasteiger partial charge on any atom is -0.373 e. The molecule has 0 amide bonds. The van der Waals surface area contributed by atoms with Crippen molar-refractivity contribution in [3.05, 3.63) is 83.4 Å². The average Bonchev–Trinajstić information content (AvgIpc) is 2.68. The molecule has 2 atom stereocenters. The largest absolute Gasteiger partial charge is 0.373 e. The van der Waals surface area contributed by atoms with Crippen molar-refractivity contribution < 1.29 is 4.74 Å². The van der Waals surface area contributed by atoms with Gasteiger partial charge in [-0.25, -0.2) is 0 Å². The Balaban J connectivity index is 2.04. The predicted octanol–water partition coefficient (Wildman–Crippen LogP) is 6.96. The van der Waals surface area contributed by atoms with E-state index in [4.69, 9.17) is 39.7 Å². The molecule has 3 rings (SSSR count). The molecule has 1 aliphatic heterocycles. The standard InChI is InChI=1S/C22H24Cl2NOPS/c1-17-13-25(14-18(2)26-17)27(28,15-21(23)19-9-5-3-6-10-19)16-22(24)20-11-7-4-8-12-20/h3-12,15-18H,13-14H2,1-2H3. The van der Waals surface area contributed by atoms with Crippen molar-refractivity contribution in [2.75, 3.05) is 13.1 Å². The van der Waals surface area contributed by atoms with Crippen LogP contribution in [0, 0.1) is 0 Å². The Labute approximate surface area is 182 Å². The molecule has 2 unspecified atom stereocenters. The molecule has 1 aliphatic rings. The molecule has 0 aliphatic carbocycles. The monoisotopic (exact) mass is 451 g/mol. The Morgan fingerprint density at radius 3 is 1.68 bits per heavy atom. The van der Waals surface area contributed by atoms with Gasteiger partial charge in [0.1, 0.15) is 0 Å². The second-order valence-corrected chi connectivity index (χ2v) is 12.0. The van der Waals surface area contributed by atoms with Crippen molar-refractivity contribution in [3.63, 3.8) is 0 Å². The van der Waals surface area contributed by atoms with E-state index in [2.05, 4.69) is 18.5 Å². The quantitative estimate of drug-likeness (QED) is 0.455. The number of halogens is 2. The van der Waals surface area contributed by atoms with Gasteiger partial charge in [0.2, 0.25) is 0 Å². The molecule has 0 spiro atoms. The first-order valence-electron chi connectivity index (χ1n) is 9.25. The first-order chi connectivity index (χ1) is 13.4. The van der Waals surface area contributed by atoms with E-state index in [-0.39, 0.29) is 12.2 Å². The highest BCUT2D eigenvalue weighted by Crippen LogP contribution is 2.58. The van der Waals surface area contributed by atoms with Gasteiger partial charge >= 0.3 is 0 Å². The van der Waals surface area contributed by atoms with Gasteiger partial charge in [0.15, 0.2) is 0 Å². The summed E-state index contributed by atoms with van der Waals surface area (Å²) in [6.07, 6.45) is -2.09. The van der Waals surface area contributed by atoms with Crippen LogP contribution in [-0.4, -0.2) is 30.0 Å². The lowest BCUT2D eigenvalue weighted by molar-refractivity contribution is -0.0428. The van der Waals surface area contributed by atoms with Crippen molar-refractivity contribution in [2.24, 2.45) is 0 Å². The Hall–Kier alpha value is -0.930. The van der Waals surface area contributed by atoms with Crippen LogP contribution in [0.1, 0.15) is 25.0 Å². The minimum absolute atomic E-state index is 0.110. The van der Waals surface area contributed by atoms with Crippen molar-refractivity contribution in [1.29, 1.82) is 0 Å². The van der Waals surface area contributed by atoms with Crippen molar-refractivity contribution in [2.45, 2.75) is 26.1 Å². The first-order valence-corrected chi connectivity index (χ1v) is 12.9. The fourth-order valence-corrected chi connectivity index (χ4v) is 8.12. The van der Waals surface area contributed by atoms with Crippen molar-refractivity contribution in [3.8, 4) is 0 Å². The van der Waals surface area contributed by atoms with Crippen molar-refractivity contribution >= 4 is 51.3 Å². The molecule has 6 heteroatoms. The lowest BCUT2D eigenvalue weighted by Crippen LogP contribution is -2.43. The van der Waals surface area contributed by atoms with Crippen LogP contribution in [0.5, 0.6) is 0 Å². The number of benzene rings is 2. The molecule has 2 nitrogen and oxygen atoms in total. The van der Waals surface area contributed by atoms with Gasteiger partial charge in [-0.1, -0.05) is 95.7 Å². The van der Waals surface area contributed by atoms with Gasteiger partial charge in [0, 0.05) is 13.1 Å². The highest BCUT2D eigenvalue weighted by Gasteiger charge is 2.31. The Bertz CT molecular complexity index is 832. The molecule has 1 heterocycles. The third-order valence-corrected chi connectivity index (χ3v) is 9.29. The zero-order valence-corrected chi connectivity index (χ0v) is 19.2. The maximum atomic E-state index is 6.70. The summed E-state index contributed by atoms with van der Waals surface area (Å²) in [5.74, 6) is 4.05. The maximum absolute atomic E-state index is 6.70. The lowest BCUT2D eigenvalue weighted by atomic mass is 10.2. The third-order valence-electron chi connectivity index (χ3n) is 4.54. The number of nitrogens with zero attached hydrogens (tertiary/aromatic N) is 1. The summed E-state index contributed by atoms with van der Waals surface area (Å²) in [4.78, 5) is 0. The second-order valence-electron chi connectivity index (χ2n) is 6.99. The molecule has 2 aromatic carbocycles. The van der Waals surface area contributed by atoms with Gasteiger partial charge < -0.3 is 4.74 Å². The van der Waals surface area contributed by atoms with Crippen LogP contribution in [0.25, 0.3) is 10.1 Å². The van der Waals surface area contributed by atoms with E-state index in [1.54, 1.807) is 0 Å². The molecule has 0 saturated carbocycles. The molecule has 148 valence electrons. The number of rotatable bonds is 5. The van der Waals surface area contributed by atoms with E-state index in [9.17, 15) is 0 Å². The molecule has 28 heavy (non-hydrogen) atoms. The van der Waals surface area contributed by atoms with E-state index >= 15 is 0 Å². The molecule has 1 fully saturated rings. The highest BCUT2D eigenvalue weighted by atomic mass is 35.5. The normalized spacial score (nSPS) is 24.0. The molecule has 0 bridgehead atoms. The summed E-state index contributed by atoms with van der Waals surface area (Å²) in [6.45, 7) is 5.67. The van der Waals surface area contributed by atoms with Gasteiger partial charge in [-0.05, 0) is 36.6 Å². The number of morpholine rings is 1. The van der Waals surface area contributed by atoms with Crippen LogP contribution in [0.15, 0.2) is 72.3 Å². The number of ether oxygens (including phenoxy) is 1. The fraction of sp³-hybridized carbons (Fsp3) is 0.273. The van der Waals surface area contributed by atoms with E-state index in [0.717, 1.165) is 24.2 Å². The van der Waals surface area contributed by atoms with Gasteiger partial charge in [-0.3, -0.25) is 4.67 Å². The lowest BCUT2D eigenvalue weighted by Gasteiger charge is -2.40. The molecule has 0 N–H and O–H groups in total. The van der Waals surface area contributed by atoms with Crippen LogP contribution in [0.2, 0.25) is 0 Å². The van der Waals surface area contributed by atoms with Crippen LogP contribution in [0.3, 0.4) is 0 Å². The SMILES string of the molecule is CC1CN(P(=S)(C=C(Cl)c2ccccc2)C=C(Cl)c2ccccc2)CC(C)O1. The second kappa shape index (κ2) is 9.71. The zero-order chi connectivity index (χ0) is 20.1. The molecule has 1 saturated heterocycles. The number of hydrogen-bond donors (Lipinski definition) is 0. The van der Waals surface area contributed by atoms with Gasteiger partial charge in [-0.15, -0.1) is 0 Å². The van der Waals surface area contributed by atoms with Crippen LogP contribution in [0.4, 0.5) is 0 Å². The highest BCUT2D eigenvalue weighted by molar-refractivity contribution is 8.16. The summed E-state index contributed by atoms with van der Waals surface area (Å²) in [7, 11) is 0. The van der Waals surface area contributed by atoms with Crippen LogP contribution < -0.4 is 0 Å². The molecule has 2 aromatic rings. The van der Waals surface area contributed by atoms with Crippen LogP contribution in [-0.2, 0) is 16.5 Å². The number of hydrogen-bond acceptors (Lipinski definition) is 2. The van der Waals surface area contributed by atoms with E-state index in [1.807, 2.05) is 72.3 Å². The summed E-state index contributed by atoms with van der Waals surface area (Å²) >= 11 is 19.6. The maximum Gasteiger partial charge on any atom is 0.0681 e. The van der Waals surface area contributed by atoms with Gasteiger partial charge in [0.05, 0.1) is 28.5 Å². The van der Waals surface area contributed by atoms with E-state index in [1.165, 1.54) is 0 Å². The molecule has 0 radical (unpaired) electrons. The smallest absolute Gasteiger partial charge is 0.0681 e. The summed E-state index contributed by atoms with van der Waals surface area (Å²) in [6, 6.07) is 19.8. The minimum atomic E-state index is -2.31. The van der Waals surface area contributed by atoms with Gasteiger partial charge in [-0.2, -0.15) is 0 Å². The van der Waals surface area contributed by atoms with Crippen LogP contribution >= 0.6 is 29.4 Å². The Morgan fingerprint density at radius 1 is 0.893 bits per heavy atom. The average molecular weight is 452 g/mol. The van der Waals surface area contributed by atoms with E-state index in [0.29, 0.717) is 10.1 Å². The summed E-state index contributed by atoms with van der Waals surface area (Å²) in [5, 5.41) is 1.31. The zero-order valence-electron chi connectivity index (χ0n) is 16.0. The third kappa shape index (κ3) is 5.57. The summed E-state index contributed by atoms with van der Waals surface area (Å²) in [5.41, 5.74) is 1.91. The Kier molecular flexibility index (Phi) is 7.55. The van der Waals surface area contributed by atoms with E-state index < -0.39 is 6.19 Å². The first kappa shape index (κ1) is 21.8.